The molecular formula is C6H10N4O2. The van der Waals surface area contributed by atoms with Gasteiger partial charge in [-0.2, -0.15) is 5.26 Å². The van der Waals surface area contributed by atoms with E-state index in [1.54, 1.807) is 13.0 Å². The summed E-state index contributed by atoms with van der Waals surface area (Å²) in [6, 6.07) is 1.57. The number of carbonyl (C=O) groups excluding carboxylic acids is 1. The maximum Gasteiger partial charge on any atom is 0.352 e. The molecule has 0 aromatic heterocycles. The average Bonchev–Trinajstić information content (AvgIpc) is 2.06. The van der Waals surface area contributed by atoms with Gasteiger partial charge in [0, 0.05) is 0 Å². The van der Waals surface area contributed by atoms with E-state index in [1.807, 2.05) is 5.43 Å². The van der Waals surface area contributed by atoms with Crippen molar-refractivity contribution in [3.63, 3.8) is 0 Å². The first-order valence-electron chi connectivity index (χ1n) is 3.20. The molecule has 0 aromatic rings. The van der Waals surface area contributed by atoms with Gasteiger partial charge >= 0.3 is 5.97 Å². The minimum Gasteiger partial charge on any atom is -0.462 e. The van der Waals surface area contributed by atoms with E-state index < -0.39 is 5.97 Å². The first-order valence-corrected chi connectivity index (χ1v) is 3.20. The van der Waals surface area contributed by atoms with Crippen molar-refractivity contribution < 1.29 is 9.53 Å². The Hall–Kier alpha value is -1.74. The number of hydrogen-bond donors (Lipinski definition) is 3. The van der Waals surface area contributed by atoms with E-state index in [-0.39, 0.29) is 18.0 Å². The monoisotopic (exact) mass is 170 g/mol. The van der Waals surface area contributed by atoms with E-state index in [4.69, 9.17) is 16.8 Å². The summed E-state index contributed by atoms with van der Waals surface area (Å²) in [7, 11) is 0. The van der Waals surface area contributed by atoms with Crippen molar-refractivity contribution in [1.29, 1.82) is 5.26 Å². The van der Waals surface area contributed by atoms with Crippen molar-refractivity contribution in [3.05, 3.63) is 11.4 Å². The van der Waals surface area contributed by atoms with Crippen molar-refractivity contribution >= 4 is 5.97 Å². The molecule has 0 bridgehead atoms. The van der Waals surface area contributed by atoms with Crippen LogP contribution < -0.4 is 17.0 Å². The molecule has 0 heterocycles. The number of hydrogen-bond acceptors (Lipinski definition) is 6. The molecule has 6 heteroatoms. The second-order valence-electron chi connectivity index (χ2n) is 1.77. The van der Waals surface area contributed by atoms with Crippen LogP contribution >= 0.6 is 0 Å². The molecule has 0 saturated carbocycles. The molecule has 0 amide bonds. The summed E-state index contributed by atoms with van der Waals surface area (Å²) in [6.45, 7) is 1.81. The van der Waals surface area contributed by atoms with Gasteiger partial charge in [-0.15, -0.1) is 0 Å². The summed E-state index contributed by atoms with van der Waals surface area (Å²) in [4.78, 5) is 10.9. The Morgan fingerprint density at radius 1 is 1.75 bits per heavy atom. The summed E-state index contributed by atoms with van der Waals surface area (Å²) in [6.07, 6.45) is 0. The molecule has 0 fully saturated rings. The molecule has 0 radical (unpaired) electrons. The number of esters is 1. The van der Waals surface area contributed by atoms with Crippen LogP contribution in [-0.4, -0.2) is 12.6 Å². The SMILES string of the molecule is CCOC(=O)/C(C#N)=C(/N)NN. The number of hydrazine groups is 1. The topological polar surface area (TPSA) is 114 Å². The molecule has 0 aromatic carbocycles. The second kappa shape index (κ2) is 4.98. The highest BCUT2D eigenvalue weighted by Gasteiger charge is 2.13. The number of nitrogens with zero attached hydrogens (tertiary/aromatic N) is 1. The van der Waals surface area contributed by atoms with Crippen molar-refractivity contribution in [3.8, 4) is 6.07 Å². The fourth-order valence-electron chi connectivity index (χ4n) is 0.491. The summed E-state index contributed by atoms with van der Waals surface area (Å²) in [5, 5.41) is 8.44. The van der Waals surface area contributed by atoms with Crippen LogP contribution in [0.3, 0.4) is 0 Å². The maximum atomic E-state index is 10.9. The van der Waals surface area contributed by atoms with E-state index in [9.17, 15) is 4.79 Å². The molecule has 0 saturated heterocycles. The van der Waals surface area contributed by atoms with Crippen LogP contribution in [0.15, 0.2) is 11.4 Å². The highest BCUT2D eigenvalue weighted by Crippen LogP contribution is 1.97. The molecule has 66 valence electrons. The van der Waals surface area contributed by atoms with E-state index in [2.05, 4.69) is 4.74 Å². The number of carbonyl (C=O) groups is 1. The Morgan fingerprint density at radius 3 is 2.67 bits per heavy atom. The van der Waals surface area contributed by atoms with Crippen LogP contribution in [0.4, 0.5) is 0 Å². The third-order valence-electron chi connectivity index (χ3n) is 1.02. The van der Waals surface area contributed by atoms with Gasteiger partial charge < -0.3 is 15.9 Å². The molecule has 5 N–H and O–H groups in total. The predicted molar refractivity (Wildman–Crippen MR) is 40.8 cm³/mol. The quantitative estimate of drug-likeness (QED) is 0.159. The lowest BCUT2D eigenvalue weighted by atomic mass is 10.3. The van der Waals surface area contributed by atoms with E-state index >= 15 is 0 Å². The smallest absolute Gasteiger partial charge is 0.352 e. The lowest BCUT2D eigenvalue weighted by Crippen LogP contribution is -2.30. The Morgan fingerprint density at radius 2 is 2.33 bits per heavy atom. The number of nitrogens with two attached hydrogens (primary N) is 2. The minimum absolute atomic E-state index is 0.182. The van der Waals surface area contributed by atoms with Gasteiger partial charge in [0.05, 0.1) is 6.61 Å². The van der Waals surface area contributed by atoms with Crippen molar-refractivity contribution in [2.75, 3.05) is 6.61 Å². The summed E-state index contributed by atoms with van der Waals surface area (Å²) in [5.74, 6) is 3.91. The fourth-order valence-corrected chi connectivity index (χ4v) is 0.491. The summed E-state index contributed by atoms with van der Waals surface area (Å²) >= 11 is 0. The number of nitrogens with one attached hydrogen (secondary N) is 1. The highest BCUT2D eigenvalue weighted by molar-refractivity contribution is 5.93. The van der Waals surface area contributed by atoms with Crippen LogP contribution in [-0.2, 0) is 9.53 Å². The van der Waals surface area contributed by atoms with Crippen LogP contribution in [0.1, 0.15) is 6.92 Å². The molecule has 0 aliphatic heterocycles. The normalized spacial score (nSPS) is 11.1. The van der Waals surface area contributed by atoms with Gasteiger partial charge in [0.2, 0.25) is 0 Å². The minimum atomic E-state index is -0.782. The van der Waals surface area contributed by atoms with Crippen molar-refractivity contribution in [2.45, 2.75) is 6.92 Å². The molecule has 12 heavy (non-hydrogen) atoms. The van der Waals surface area contributed by atoms with Crippen LogP contribution in [0.25, 0.3) is 0 Å². The van der Waals surface area contributed by atoms with Crippen molar-refractivity contribution in [2.24, 2.45) is 11.6 Å². The largest absolute Gasteiger partial charge is 0.462 e. The molecule has 6 nitrogen and oxygen atoms in total. The Labute approximate surface area is 69.7 Å². The first-order chi connectivity index (χ1) is 5.67. The van der Waals surface area contributed by atoms with Gasteiger partial charge in [-0.05, 0) is 6.92 Å². The zero-order valence-corrected chi connectivity index (χ0v) is 6.63. The van der Waals surface area contributed by atoms with E-state index in [0.717, 1.165) is 0 Å². The van der Waals surface area contributed by atoms with Gasteiger partial charge in [-0.25, -0.2) is 10.6 Å². The Balaban J connectivity index is 4.59. The van der Waals surface area contributed by atoms with E-state index in [1.165, 1.54) is 0 Å². The van der Waals surface area contributed by atoms with Gasteiger partial charge in [0.25, 0.3) is 0 Å². The third-order valence-corrected chi connectivity index (χ3v) is 1.02. The summed E-state index contributed by atoms with van der Waals surface area (Å²) < 4.78 is 4.52. The lowest BCUT2D eigenvalue weighted by Gasteiger charge is -2.02. The number of rotatable bonds is 3. The molecule has 0 aliphatic carbocycles. The van der Waals surface area contributed by atoms with Gasteiger partial charge in [-0.1, -0.05) is 0 Å². The summed E-state index contributed by atoms with van der Waals surface area (Å²) in [5.41, 5.74) is 6.85. The fraction of sp³-hybridized carbons (Fsp3) is 0.333. The number of nitriles is 1. The molecule has 0 rings (SSSR count). The molecule has 0 unspecified atom stereocenters. The lowest BCUT2D eigenvalue weighted by molar-refractivity contribution is -0.138. The highest BCUT2D eigenvalue weighted by atomic mass is 16.5. The molecular weight excluding hydrogens is 160 g/mol. The molecule has 0 spiro atoms. The van der Waals surface area contributed by atoms with Crippen LogP contribution in [0.2, 0.25) is 0 Å². The Kier molecular flexibility index (Phi) is 4.26. The second-order valence-corrected chi connectivity index (χ2v) is 1.77. The zero-order chi connectivity index (χ0) is 9.56. The molecule has 0 atom stereocenters. The third kappa shape index (κ3) is 2.48. The Bertz CT molecular complexity index is 240. The average molecular weight is 170 g/mol. The van der Waals surface area contributed by atoms with Crippen LogP contribution in [0, 0.1) is 11.3 Å². The maximum absolute atomic E-state index is 10.9. The standard InChI is InChI=1S/C6H10N4O2/c1-2-12-6(11)4(3-7)5(8)10-9/h10H,2,8-9H2,1H3/b5-4-. The van der Waals surface area contributed by atoms with Gasteiger partial charge in [0.1, 0.15) is 11.9 Å². The van der Waals surface area contributed by atoms with Gasteiger partial charge in [0.15, 0.2) is 5.57 Å². The zero-order valence-electron chi connectivity index (χ0n) is 6.63. The van der Waals surface area contributed by atoms with Gasteiger partial charge in [-0.3, -0.25) is 0 Å². The van der Waals surface area contributed by atoms with E-state index in [0.29, 0.717) is 0 Å². The van der Waals surface area contributed by atoms with Crippen molar-refractivity contribution in [1.82, 2.24) is 5.43 Å². The van der Waals surface area contributed by atoms with Crippen LogP contribution in [0.5, 0.6) is 0 Å². The first kappa shape index (κ1) is 10.3. The molecule has 0 aliphatic rings. The number of ether oxygens (including phenoxy) is 1. The predicted octanol–water partition coefficient (Wildman–Crippen LogP) is -1.29.